The Bertz CT molecular complexity index is 1160. The lowest BCUT2D eigenvalue weighted by Crippen LogP contribution is -2.43. The summed E-state index contributed by atoms with van der Waals surface area (Å²) in [6.07, 6.45) is 7.28. The van der Waals surface area contributed by atoms with Crippen molar-refractivity contribution in [3.63, 3.8) is 0 Å². The zero-order valence-electron chi connectivity index (χ0n) is 16.4. The van der Waals surface area contributed by atoms with Gasteiger partial charge in [-0.2, -0.15) is 4.98 Å². The first-order chi connectivity index (χ1) is 14.6. The third kappa shape index (κ3) is 3.18. The molecule has 3 aromatic rings. The molecule has 1 fully saturated rings. The van der Waals surface area contributed by atoms with Gasteiger partial charge in [0.15, 0.2) is 0 Å². The molecule has 30 heavy (non-hydrogen) atoms. The van der Waals surface area contributed by atoms with E-state index >= 15 is 0 Å². The van der Waals surface area contributed by atoms with E-state index in [2.05, 4.69) is 26.5 Å². The Labute approximate surface area is 172 Å². The lowest BCUT2D eigenvalue weighted by atomic mass is 10.0. The third-order valence-electron chi connectivity index (χ3n) is 5.50. The summed E-state index contributed by atoms with van der Waals surface area (Å²) in [6.45, 7) is 3.84. The maximum Gasteiger partial charge on any atom is 0.273 e. The number of allylic oxidation sites excluding steroid dienone is 1. The van der Waals surface area contributed by atoms with Crippen LogP contribution in [0.3, 0.4) is 0 Å². The summed E-state index contributed by atoms with van der Waals surface area (Å²) in [4.78, 5) is 34.0. The van der Waals surface area contributed by atoms with Gasteiger partial charge in [0.25, 0.3) is 5.91 Å². The van der Waals surface area contributed by atoms with E-state index in [0.29, 0.717) is 36.2 Å². The fourth-order valence-electron chi connectivity index (χ4n) is 3.69. The third-order valence-corrected chi connectivity index (χ3v) is 5.50. The molecular formula is C21H20N6O3. The largest absolute Gasteiger partial charge is 0.344 e. The van der Waals surface area contributed by atoms with Gasteiger partial charge in [0.1, 0.15) is 11.5 Å². The van der Waals surface area contributed by atoms with Crippen LogP contribution in [0.1, 0.15) is 40.1 Å². The lowest BCUT2D eigenvalue weighted by molar-refractivity contribution is -0.122. The molecule has 1 saturated heterocycles. The molecule has 0 spiro atoms. The molecule has 0 bridgehead atoms. The van der Waals surface area contributed by atoms with Gasteiger partial charge in [-0.15, -0.1) is 0 Å². The summed E-state index contributed by atoms with van der Waals surface area (Å²) in [5.74, 6) is 1.63. The molecule has 5 rings (SSSR count). The van der Waals surface area contributed by atoms with Crippen LogP contribution in [0.4, 0.5) is 5.69 Å². The molecule has 2 amide bonds. The second-order valence-corrected chi connectivity index (χ2v) is 7.54. The summed E-state index contributed by atoms with van der Waals surface area (Å²) < 4.78 is 7.30. The quantitative estimate of drug-likeness (QED) is 0.655. The lowest BCUT2D eigenvalue weighted by Gasteiger charge is -2.33. The molecule has 9 nitrogen and oxygen atoms in total. The summed E-state index contributed by atoms with van der Waals surface area (Å²) in [7, 11) is 0. The maximum atomic E-state index is 12.9. The molecule has 2 aliphatic rings. The predicted octanol–water partition coefficient (Wildman–Crippen LogP) is 2.47. The Morgan fingerprint density at radius 2 is 2.20 bits per heavy atom. The highest BCUT2D eigenvalue weighted by Crippen LogP contribution is 2.28. The summed E-state index contributed by atoms with van der Waals surface area (Å²) in [5, 5.41) is 7.05. The van der Waals surface area contributed by atoms with Crippen LogP contribution in [0.15, 0.2) is 35.0 Å². The van der Waals surface area contributed by atoms with E-state index in [9.17, 15) is 9.59 Å². The minimum absolute atomic E-state index is 0.0724. The smallest absolute Gasteiger partial charge is 0.273 e. The first-order valence-electron chi connectivity index (χ1n) is 9.80. The van der Waals surface area contributed by atoms with Gasteiger partial charge in [-0.1, -0.05) is 23.4 Å². The molecule has 0 atom stereocenters. The van der Waals surface area contributed by atoms with Crippen molar-refractivity contribution in [2.75, 3.05) is 18.4 Å². The Hall–Kier alpha value is -3.75. The molecule has 2 aromatic heterocycles. The van der Waals surface area contributed by atoms with Crippen molar-refractivity contribution < 1.29 is 14.1 Å². The fraction of sp³-hybridized carbons (Fsp3) is 0.286. The normalized spacial score (nSPS) is 15.6. The number of hydrogen-bond donors (Lipinski definition) is 1. The molecule has 4 heterocycles. The van der Waals surface area contributed by atoms with Crippen LogP contribution >= 0.6 is 0 Å². The van der Waals surface area contributed by atoms with Crippen LogP contribution < -0.4 is 5.32 Å². The number of benzene rings is 1. The maximum absolute atomic E-state index is 12.9. The molecule has 152 valence electrons. The number of nitrogens with one attached hydrogen (secondary N) is 1. The predicted molar refractivity (Wildman–Crippen MR) is 109 cm³/mol. The molecular weight excluding hydrogens is 384 g/mol. The second kappa shape index (κ2) is 7.25. The highest BCUT2D eigenvalue weighted by Gasteiger charge is 2.31. The Balaban J connectivity index is 1.36. The number of hydrogen-bond acceptors (Lipinski definition) is 6. The first-order valence-corrected chi connectivity index (χ1v) is 9.80. The number of nitrogens with zero attached hydrogens (tertiary/aromatic N) is 5. The van der Waals surface area contributed by atoms with Gasteiger partial charge in [-0.25, -0.2) is 4.98 Å². The average molecular weight is 404 g/mol. The van der Waals surface area contributed by atoms with Gasteiger partial charge >= 0.3 is 0 Å². The number of anilines is 1. The van der Waals surface area contributed by atoms with Gasteiger partial charge in [0.2, 0.25) is 18.1 Å². The molecule has 0 aliphatic carbocycles. The topological polar surface area (TPSA) is 106 Å². The summed E-state index contributed by atoms with van der Waals surface area (Å²) >= 11 is 0. The van der Waals surface area contributed by atoms with Gasteiger partial charge < -0.3 is 19.3 Å². The van der Waals surface area contributed by atoms with Crippen molar-refractivity contribution in [3.05, 3.63) is 53.4 Å². The number of imidazole rings is 1. The zero-order chi connectivity index (χ0) is 20.7. The van der Waals surface area contributed by atoms with Crippen molar-refractivity contribution in [2.24, 2.45) is 0 Å². The number of carbonyl (C=O) groups excluding carboxylic acids is 2. The van der Waals surface area contributed by atoms with Gasteiger partial charge in [0.05, 0.1) is 12.1 Å². The summed E-state index contributed by atoms with van der Waals surface area (Å²) in [6, 6.07) is 5.64. The number of fused-ring (bicyclic) bond motifs is 1. The van der Waals surface area contributed by atoms with Crippen molar-refractivity contribution in [1.29, 1.82) is 0 Å². The average Bonchev–Trinajstić information content (AvgIpc) is 3.36. The van der Waals surface area contributed by atoms with E-state index in [-0.39, 0.29) is 11.8 Å². The minimum atomic E-state index is -0.207. The number of carbonyl (C=O) groups is 2. The number of likely N-dealkylation sites (tertiary alicyclic amines) is 1. The SMILES string of the molecule is Cc1ccc(-c2noc(C3CN(C=O)C3)n2)cc1NC(=O)c1cnc2n1CCC=C2. The van der Waals surface area contributed by atoms with Crippen LogP contribution in [0.25, 0.3) is 17.5 Å². The van der Waals surface area contributed by atoms with Crippen molar-refractivity contribution in [1.82, 2.24) is 24.6 Å². The van der Waals surface area contributed by atoms with E-state index in [1.54, 1.807) is 11.1 Å². The van der Waals surface area contributed by atoms with Crippen LogP contribution in [0.5, 0.6) is 0 Å². The van der Waals surface area contributed by atoms with Crippen LogP contribution in [-0.2, 0) is 11.3 Å². The van der Waals surface area contributed by atoms with Gasteiger partial charge in [0, 0.05) is 30.9 Å². The van der Waals surface area contributed by atoms with Crippen molar-refractivity contribution in [3.8, 4) is 11.4 Å². The number of aromatic nitrogens is 4. The van der Waals surface area contributed by atoms with Crippen LogP contribution in [0, 0.1) is 6.92 Å². The molecule has 0 saturated carbocycles. The fourth-order valence-corrected chi connectivity index (χ4v) is 3.69. The Morgan fingerprint density at radius 1 is 1.33 bits per heavy atom. The molecule has 1 aromatic carbocycles. The molecule has 0 unspecified atom stereocenters. The van der Waals surface area contributed by atoms with Gasteiger partial charge in [-0.05, 0) is 31.1 Å². The molecule has 1 N–H and O–H groups in total. The standard InChI is InChI=1S/C21H20N6O3/c1-13-5-6-14(19-24-21(30-25-19)15-10-26(11-15)12-28)8-16(13)23-20(29)17-9-22-18-4-2-3-7-27(17)18/h2,4-6,8-9,12,15H,3,7,10-11H2,1H3,(H,23,29). The number of aryl methyl sites for hydroxylation is 1. The zero-order valence-corrected chi connectivity index (χ0v) is 16.4. The number of rotatable bonds is 5. The van der Waals surface area contributed by atoms with E-state index in [0.717, 1.165) is 36.3 Å². The van der Waals surface area contributed by atoms with Gasteiger partial charge in [-0.3, -0.25) is 9.59 Å². The van der Waals surface area contributed by atoms with Crippen molar-refractivity contribution >= 4 is 24.1 Å². The van der Waals surface area contributed by atoms with Crippen LogP contribution in [-0.4, -0.2) is 50.0 Å². The van der Waals surface area contributed by atoms with Crippen LogP contribution in [0.2, 0.25) is 0 Å². The summed E-state index contributed by atoms with van der Waals surface area (Å²) in [5.41, 5.74) is 2.89. The molecule has 0 radical (unpaired) electrons. The second-order valence-electron chi connectivity index (χ2n) is 7.54. The highest BCUT2D eigenvalue weighted by atomic mass is 16.5. The monoisotopic (exact) mass is 404 g/mol. The Morgan fingerprint density at radius 3 is 3.03 bits per heavy atom. The minimum Gasteiger partial charge on any atom is -0.344 e. The van der Waals surface area contributed by atoms with E-state index in [1.165, 1.54) is 0 Å². The molecule has 9 heteroatoms. The first kappa shape index (κ1) is 18.3. The molecule has 2 aliphatic heterocycles. The number of amides is 2. The van der Waals surface area contributed by atoms with E-state index < -0.39 is 0 Å². The van der Waals surface area contributed by atoms with E-state index in [4.69, 9.17) is 4.52 Å². The highest BCUT2D eigenvalue weighted by molar-refractivity contribution is 6.04. The Kier molecular flexibility index (Phi) is 4.42. The van der Waals surface area contributed by atoms with Crippen molar-refractivity contribution in [2.45, 2.75) is 25.8 Å². The van der Waals surface area contributed by atoms with E-state index in [1.807, 2.05) is 35.8 Å².